The van der Waals surface area contributed by atoms with Gasteiger partial charge in [0, 0.05) is 258 Å². The molecule has 0 unspecified atom stereocenters. The zero-order chi connectivity index (χ0) is 81.1. The number of aromatic nitrogens is 3. The molecule has 0 bridgehead atoms. The summed E-state index contributed by atoms with van der Waals surface area (Å²) in [6.45, 7) is 29.8. The van der Waals surface area contributed by atoms with Crippen LogP contribution >= 0.6 is 34.8 Å². The molecule has 1 fully saturated rings. The van der Waals surface area contributed by atoms with Crippen LogP contribution in [0.2, 0.25) is 0 Å². The number of alkyl halides is 3. The van der Waals surface area contributed by atoms with E-state index in [0.717, 1.165) is 139 Å². The summed E-state index contributed by atoms with van der Waals surface area (Å²) < 4.78 is 28.7. The molecule has 631 valence electrons. The molecule has 26 heteroatoms. The number of hydrogen-bond acceptors (Lipinski definition) is 14. The second-order valence-corrected chi connectivity index (χ2v) is 30.5. The van der Waals surface area contributed by atoms with Gasteiger partial charge in [0.25, 0.3) is 17.7 Å². The minimum absolute atomic E-state index is 0. The Hall–Kier alpha value is -6.59. The number of aromatic hydroxyl groups is 3. The Morgan fingerprint density at radius 1 is 0.454 bits per heavy atom. The van der Waals surface area contributed by atoms with Crippen molar-refractivity contribution < 1.29 is 152 Å². The first-order valence-electron chi connectivity index (χ1n) is 38.3. The number of benzene rings is 9. The van der Waals surface area contributed by atoms with E-state index in [1.807, 2.05) is 193 Å². The van der Waals surface area contributed by atoms with Gasteiger partial charge < -0.3 is 122 Å². The van der Waals surface area contributed by atoms with Crippen molar-refractivity contribution in [1.29, 1.82) is 0 Å². The molecule has 3 aromatic heterocycles. The van der Waals surface area contributed by atoms with Crippen LogP contribution in [0.25, 0.3) is 65.0 Å². The summed E-state index contributed by atoms with van der Waals surface area (Å²) in [5.41, 5.74) is 9.06. The summed E-state index contributed by atoms with van der Waals surface area (Å²) >= 11 is 19.8. The first kappa shape index (κ1) is 103. The number of phenolic OH excluding ortho intramolecular Hbond substituents is 3. The molecule has 12 aromatic rings. The maximum Gasteiger partial charge on any atom is 0.274 e. The van der Waals surface area contributed by atoms with E-state index < -0.39 is 0 Å². The van der Waals surface area contributed by atoms with E-state index >= 15 is 0 Å². The molecule has 0 saturated carbocycles. The van der Waals surface area contributed by atoms with Crippen molar-refractivity contribution in [3.63, 3.8) is 0 Å². The minimum atomic E-state index is -0.191. The fraction of sp³-hybridized carbons (Fsp3) is 0.323. The maximum absolute atomic E-state index is 13.8. The van der Waals surface area contributed by atoms with Crippen molar-refractivity contribution in [3.8, 4) is 40.2 Å². The summed E-state index contributed by atoms with van der Waals surface area (Å²) in [5, 5.41) is 39.3. The molecule has 3 amide bonds. The van der Waals surface area contributed by atoms with Gasteiger partial charge >= 0.3 is 0 Å². The van der Waals surface area contributed by atoms with Crippen molar-refractivity contribution in [2.24, 2.45) is 0 Å². The number of ether oxygens (including phenoxy) is 5. The minimum Gasteiger partial charge on any atom is -0.507 e. The van der Waals surface area contributed by atoms with Crippen LogP contribution in [-0.4, -0.2) is 200 Å². The van der Waals surface area contributed by atoms with Crippen LogP contribution in [0, 0.1) is 43.1 Å². The fourth-order valence-corrected chi connectivity index (χ4v) is 15.8. The third-order valence-electron chi connectivity index (χ3n) is 20.8. The van der Waals surface area contributed by atoms with Crippen LogP contribution in [0.4, 0.5) is 17.1 Å². The number of carbonyl (C=O) groups is 3. The molecule has 4 aliphatic rings. The Balaban J connectivity index is 0.000000301. The molecule has 3 radical (unpaired) electrons. The van der Waals surface area contributed by atoms with Crippen LogP contribution in [0.5, 0.6) is 40.2 Å². The normalized spacial score (nSPS) is 15.6. The van der Waals surface area contributed by atoms with Gasteiger partial charge in [-0.15, -0.1) is 34.8 Å². The van der Waals surface area contributed by atoms with Crippen molar-refractivity contribution in [1.82, 2.24) is 29.7 Å². The molecular formula is C93H112Cl3N9O11Y3-6. The maximum atomic E-state index is 13.8. The van der Waals surface area contributed by atoms with E-state index in [2.05, 4.69) is 45.5 Å². The number of morpholine rings is 1. The SMILES string of the molecule is COc1cc2[nH]c(C(=O)N3C[C@@H]([C@@H](C)Cl)c4c3cc(O)c3ccccc43)cc2cc1OCCN(C)C.C[C@@H](Cl)[C@@H]1CN(C(=O)c2cc3cc(OCCN(C)C)ccc3[nH]2)c2cc(O)c3ccccc3c21.C[C@@H](Cl)[C@@H]1CN(C(=O)c2cc3cc(OCCN4CCOCC4)ccc3[nH]2)c2cc(O)c3ccccc3c21.[CH2-]C.[CH2-]C.[CH2-]C.[CH3-].[CH3-].[CH3-].[Y].[Y].[Y]. The first-order chi connectivity index (χ1) is 54.6. The molecular weight excluding hydrogens is 1790 g/mol. The predicted molar refractivity (Wildman–Crippen MR) is 481 cm³/mol. The van der Waals surface area contributed by atoms with Crippen LogP contribution in [-0.2, 0) is 103 Å². The number of phenols is 3. The van der Waals surface area contributed by atoms with Gasteiger partial charge in [0.05, 0.1) is 37.4 Å². The third-order valence-corrected chi connectivity index (χ3v) is 21.7. The molecule has 0 spiro atoms. The Bertz CT molecular complexity index is 5340. The van der Waals surface area contributed by atoms with Crippen molar-refractivity contribution >= 4 is 135 Å². The number of amides is 3. The van der Waals surface area contributed by atoms with E-state index in [1.165, 1.54) is 0 Å². The molecule has 6 N–H and O–H groups in total. The summed E-state index contributed by atoms with van der Waals surface area (Å²) in [7, 11) is 9.58. The van der Waals surface area contributed by atoms with Crippen LogP contribution in [0.1, 0.15) is 107 Å². The van der Waals surface area contributed by atoms with Gasteiger partial charge in [0.1, 0.15) is 65.6 Å². The van der Waals surface area contributed by atoms with Crippen LogP contribution in [0.3, 0.4) is 0 Å². The molecule has 9 aromatic carbocycles. The van der Waals surface area contributed by atoms with Gasteiger partial charge in [0.15, 0.2) is 11.5 Å². The summed E-state index contributed by atoms with van der Waals surface area (Å²) in [6, 6.07) is 49.1. The van der Waals surface area contributed by atoms with E-state index in [9.17, 15) is 29.7 Å². The number of aromatic amines is 3. The average Bonchev–Trinajstić information content (AvgIpc) is 1.61. The number of rotatable bonds is 19. The van der Waals surface area contributed by atoms with E-state index in [1.54, 1.807) is 60.8 Å². The Morgan fingerprint density at radius 2 is 0.782 bits per heavy atom. The summed E-state index contributed by atoms with van der Waals surface area (Å²) in [4.78, 5) is 62.6. The average molecular weight is 1910 g/mol. The van der Waals surface area contributed by atoms with Crippen LogP contribution < -0.4 is 33.6 Å². The fourth-order valence-electron chi connectivity index (χ4n) is 15.2. The zero-order valence-corrected chi connectivity index (χ0v) is 81.7. The smallest absolute Gasteiger partial charge is 0.274 e. The summed E-state index contributed by atoms with van der Waals surface area (Å²) in [5.74, 6) is 2.61. The number of H-pyrrole nitrogens is 3. The Labute approximate surface area is 793 Å². The monoisotopic (exact) mass is 1900 g/mol. The number of hydrogen-bond donors (Lipinski definition) is 6. The molecule has 7 heterocycles. The third kappa shape index (κ3) is 23.1. The number of likely N-dealkylation sites (N-methyl/N-ethyl adjacent to an activating group) is 2. The number of halogens is 3. The molecule has 4 aliphatic heterocycles. The second-order valence-electron chi connectivity index (χ2n) is 28.5. The molecule has 1 saturated heterocycles. The summed E-state index contributed by atoms with van der Waals surface area (Å²) in [6.07, 6.45) is 0. The van der Waals surface area contributed by atoms with Crippen molar-refractivity contribution in [2.75, 3.05) is 135 Å². The number of carbonyl (C=O) groups excluding carboxylic acids is 3. The Morgan fingerprint density at radius 3 is 1.13 bits per heavy atom. The molecule has 119 heavy (non-hydrogen) atoms. The van der Waals surface area contributed by atoms with Gasteiger partial charge in [-0.2, -0.15) is 20.8 Å². The predicted octanol–water partition coefficient (Wildman–Crippen LogP) is 19.7. The van der Waals surface area contributed by atoms with Crippen molar-refractivity contribution in [2.45, 2.75) is 75.4 Å². The van der Waals surface area contributed by atoms with Gasteiger partial charge in [-0.05, 0) is 142 Å². The number of methoxy groups -OCH3 is 1. The van der Waals surface area contributed by atoms with Gasteiger partial charge in [0.2, 0.25) is 0 Å². The standard InChI is InChI=1S/C29H30ClN3O4.C28H30ClN3O4.C27H28ClN3O3.3C2H5.3CH3.3Y/c1-18(30)23-17-33(26-16-27(34)21-4-2-3-5-22(21)28(23)26)29(35)25-15-19-14-20(6-7-24(19)31-25)37-13-10-32-8-11-36-12-9-32;1-16(29)20-15-32(23-14-24(33)18-7-5-6-8-19(18)27(20)23)28(34)22-11-17-12-26(36-10-9-31(2)3)25(35-4)13-21(17)30-22;1-16(28)21-15-31(24-14-25(32)19-6-4-5-7-20(19)26(21)24)27(33)23-13-17-12-18(8-9-22(17)29-23)34-11-10-30(2)3;3*1-2;;;;;;/h2-7,14-16,18,23,31,34H,8-13,17H2,1H3;5-8,11-14,16,20,30,33H,9-10,15H2,1-4H3;4-9,12-14,16,21,29,32H,10-11,15H2,1-3H3;3*1H2,2H3;3*1H3;;;/q;;;6*-1;;;/t18-,23+;16-,20+;16-,21+;;;;;;;;;/m111........./s1. The first-order valence-corrected chi connectivity index (χ1v) is 39.6. The molecule has 20 nitrogen and oxygen atoms in total. The van der Waals surface area contributed by atoms with Gasteiger partial charge in [-0.25, -0.2) is 0 Å². The van der Waals surface area contributed by atoms with Crippen LogP contribution in [0.15, 0.2) is 158 Å². The topological polar surface area (TPSA) is 225 Å². The number of anilines is 3. The Kier molecular flexibility index (Phi) is 40.9. The van der Waals surface area contributed by atoms with Gasteiger partial charge in [-0.1, -0.05) is 72.8 Å². The molecule has 16 rings (SSSR count). The van der Waals surface area contributed by atoms with Gasteiger partial charge in [-0.3, -0.25) is 19.3 Å². The van der Waals surface area contributed by atoms with Crippen molar-refractivity contribution in [3.05, 3.63) is 235 Å². The van der Waals surface area contributed by atoms with E-state index in [4.69, 9.17) is 58.5 Å². The quantitative estimate of drug-likeness (QED) is 0.0327. The largest absolute Gasteiger partial charge is 0.507 e. The van der Waals surface area contributed by atoms with E-state index in [-0.39, 0.29) is 189 Å². The van der Waals surface area contributed by atoms with E-state index in [0.29, 0.717) is 85.1 Å². The zero-order valence-electron chi connectivity index (χ0n) is 70.9. The number of nitrogens with one attached hydrogen (secondary N) is 3. The second kappa shape index (κ2) is 47.3. The molecule has 0 aliphatic carbocycles. The molecule has 6 atom stereocenters. The number of fused-ring (bicyclic) bond motifs is 12. The number of nitrogens with zero attached hydrogens (tertiary/aromatic N) is 6.